The molecule has 2 heterocycles. The van der Waals surface area contributed by atoms with Crippen molar-refractivity contribution in [2.75, 3.05) is 24.5 Å². The molecule has 1 fully saturated rings. The van der Waals surface area contributed by atoms with E-state index < -0.39 is 0 Å². The molecule has 0 spiro atoms. The molecule has 0 radical (unpaired) electrons. The largest absolute Gasteiger partial charge is 0.355 e. The Hall–Kier alpha value is -2.88. The van der Waals surface area contributed by atoms with Gasteiger partial charge in [-0.25, -0.2) is 0 Å². The summed E-state index contributed by atoms with van der Waals surface area (Å²) in [7, 11) is 0. The monoisotopic (exact) mass is 401 g/mol. The zero-order valence-electron chi connectivity index (χ0n) is 16.2. The van der Waals surface area contributed by atoms with Gasteiger partial charge in [0.05, 0.1) is 17.8 Å². The van der Waals surface area contributed by atoms with Gasteiger partial charge >= 0.3 is 0 Å². The van der Waals surface area contributed by atoms with Gasteiger partial charge in [0.25, 0.3) is 0 Å². The molecule has 1 aliphatic rings. The molecule has 3 aromatic rings. The number of benzene rings is 2. The fourth-order valence-corrected chi connectivity index (χ4v) is 4.55. The van der Waals surface area contributed by atoms with Gasteiger partial charge in [-0.05, 0) is 60.7 Å². The minimum absolute atomic E-state index is 0.645. The van der Waals surface area contributed by atoms with Crippen LogP contribution < -0.4 is 10.6 Å². The van der Waals surface area contributed by atoms with Crippen molar-refractivity contribution in [2.45, 2.75) is 29.1 Å². The molecule has 146 valence electrons. The van der Waals surface area contributed by atoms with Crippen LogP contribution in [0.15, 0.2) is 64.5 Å². The normalized spacial score (nSPS) is 13.4. The molecule has 1 aromatic heterocycles. The maximum absolute atomic E-state index is 9.37. The molecule has 0 amide bonds. The maximum Gasteiger partial charge on any atom is 0.152 e. The molecule has 2 aromatic carbocycles. The zero-order valence-corrected chi connectivity index (χ0v) is 17.0. The van der Waals surface area contributed by atoms with Crippen LogP contribution in [0.2, 0.25) is 0 Å². The summed E-state index contributed by atoms with van der Waals surface area (Å²) in [6, 6.07) is 18.7. The van der Waals surface area contributed by atoms with Crippen molar-refractivity contribution in [1.29, 1.82) is 5.26 Å². The van der Waals surface area contributed by atoms with Crippen LogP contribution in [-0.4, -0.2) is 29.8 Å². The number of nitrogens with zero attached hydrogens (tertiary/aromatic N) is 4. The number of nitriles is 1. The van der Waals surface area contributed by atoms with Crippen LogP contribution in [0.4, 0.5) is 5.82 Å². The molecular formula is C23H23N5S. The highest BCUT2D eigenvalue weighted by Gasteiger charge is 2.15. The number of anilines is 1. The summed E-state index contributed by atoms with van der Waals surface area (Å²) >= 11 is 1.63. The Balaban J connectivity index is 1.66. The number of hydrogen-bond acceptors (Lipinski definition) is 6. The average molecular weight is 402 g/mol. The van der Waals surface area contributed by atoms with Crippen LogP contribution in [0.1, 0.15) is 24.0 Å². The van der Waals surface area contributed by atoms with Gasteiger partial charge in [-0.15, -0.1) is 5.10 Å². The molecule has 0 bridgehead atoms. The molecule has 0 aliphatic carbocycles. The van der Waals surface area contributed by atoms with Gasteiger partial charge in [0.1, 0.15) is 0 Å². The van der Waals surface area contributed by atoms with Crippen molar-refractivity contribution in [3.63, 3.8) is 0 Å². The van der Waals surface area contributed by atoms with Gasteiger partial charge in [0.2, 0.25) is 0 Å². The lowest BCUT2D eigenvalue weighted by Gasteiger charge is -2.16. The smallest absolute Gasteiger partial charge is 0.152 e. The molecule has 0 atom stereocenters. The van der Waals surface area contributed by atoms with E-state index in [2.05, 4.69) is 51.5 Å². The van der Waals surface area contributed by atoms with Crippen molar-refractivity contribution >= 4 is 17.6 Å². The van der Waals surface area contributed by atoms with E-state index >= 15 is 0 Å². The lowest BCUT2D eigenvalue weighted by molar-refractivity contribution is 0.880. The van der Waals surface area contributed by atoms with Crippen LogP contribution in [0.5, 0.6) is 0 Å². The van der Waals surface area contributed by atoms with Crippen LogP contribution in [0.3, 0.4) is 0 Å². The quantitative estimate of drug-likeness (QED) is 0.665. The highest BCUT2D eigenvalue weighted by atomic mass is 32.2. The Kier molecular flexibility index (Phi) is 6.09. The van der Waals surface area contributed by atoms with Crippen LogP contribution >= 0.6 is 11.8 Å². The number of nitrogens with two attached hydrogens (primary N) is 1. The van der Waals surface area contributed by atoms with E-state index in [4.69, 9.17) is 5.73 Å². The second-order valence-corrected chi connectivity index (χ2v) is 8.22. The standard InChI is InChI=1S/C23H23N5S/c24-10-9-17-3-6-19(7-4-17)21-8-5-18(15-25)13-22(21)29-20-14-23(27-26-16-20)28-11-1-2-12-28/h3-8,13-14,16H,1-2,9-12,24H2. The van der Waals surface area contributed by atoms with E-state index in [9.17, 15) is 5.26 Å². The SMILES string of the molecule is N#Cc1ccc(-c2ccc(CCN)cc2)c(Sc2cnnc(N3CCCC3)c2)c1. The summed E-state index contributed by atoms with van der Waals surface area (Å²) < 4.78 is 0. The zero-order chi connectivity index (χ0) is 20.1. The Morgan fingerprint density at radius 1 is 1.07 bits per heavy atom. The topological polar surface area (TPSA) is 78.8 Å². The Morgan fingerprint density at radius 3 is 2.59 bits per heavy atom. The molecule has 2 N–H and O–H groups in total. The molecule has 29 heavy (non-hydrogen) atoms. The van der Waals surface area contributed by atoms with E-state index in [1.807, 2.05) is 18.2 Å². The van der Waals surface area contributed by atoms with E-state index in [-0.39, 0.29) is 0 Å². The van der Waals surface area contributed by atoms with Gasteiger partial charge in [-0.1, -0.05) is 42.1 Å². The van der Waals surface area contributed by atoms with E-state index in [1.54, 1.807) is 18.0 Å². The van der Waals surface area contributed by atoms with Gasteiger partial charge in [-0.3, -0.25) is 0 Å². The number of rotatable bonds is 6. The molecule has 4 rings (SSSR count). The summed E-state index contributed by atoms with van der Waals surface area (Å²) in [5, 5.41) is 17.9. The first-order valence-electron chi connectivity index (χ1n) is 9.86. The minimum Gasteiger partial charge on any atom is -0.355 e. The molecule has 6 heteroatoms. The van der Waals surface area contributed by atoms with E-state index in [0.29, 0.717) is 12.1 Å². The summed E-state index contributed by atoms with van der Waals surface area (Å²) in [4.78, 5) is 4.34. The lowest BCUT2D eigenvalue weighted by atomic mass is 10.0. The molecular weight excluding hydrogens is 378 g/mol. The van der Waals surface area contributed by atoms with Crippen LogP contribution in [0, 0.1) is 11.3 Å². The fraction of sp³-hybridized carbons (Fsp3) is 0.261. The molecule has 1 saturated heterocycles. The highest BCUT2D eigenvalue weighted by molar-refractivity contribution is 7.99. The second-order valence-electron chi connectivity index (χ2n) is 7.10. The highest BCUT2D eigenvalue weighted by Crippen LogP contribution is 2.37. The summed E-state index contributed by atoms with van der Waals surface area (Å²) in [5.41, 5.74) is 9.77. The predicted molar refractivity (Wildman–Crippen MR) is 117 cm³/mol. The third kappa shape index (κ3) is 4.58. The Morgan fingerprint density at radius 2 is 1.86 bits per heavy atom. The second kappa shape index (κ2) is 9.08. The van der Waals surface area contributed by atoms with Crippen molar-refractivity contribution in [3.05, 3.63) is 65.9 Å². The Labute approximate surface area is 175 Å². The van der Waals surface area contributed by atoms with Crippen LogP contribution in [0.25, 0.3) is 11.1 Å². The number of hydrogen-bond donors (Lipinski definition) is 1. The first kappa shape index (κ1) is 19.4. The Bertz CT molecular complexity index is 1020. The minimum atomic E-state index is 0.645. The molecule has 0 saturated carbocycles. The van der Waals surface area contributed by atoms with Gasteiger partial charge in [-0.2, -0.15) is 10.4 Å². The van der Waals surface area contributed by atoms with Crippen LogP contribution in [-0.2, 0) is 6.42 Å². The summed E-state index contributed by atoms with van der Waals surface area (Å²) in [5.74, 6) is 0.927. The fourth-order valence-electron chi connectivity index (χ4n) is 3.55. The van der Waals surface area contributed by atoms with Gasteiger partial charge < -0.3 is 10.6 Å². The lowest BCUT2D eigenvalue weighted by Crippen LogP contribution is -2.19. The molecule has 1 aliphatic heterocycles. The average Bonchev–Trinajstić information content (AvgIpc) is 3.30. The molecule has 0 unspecified atom stereocenters. The van der Waals surface area contributed by atoms with Gasteiger partial charge in [0, 0.05) is 22.9 Å². The predicted octanol–water partition coefficient (Wildman–Crippen LogP) is 4.27. The summed E-state index contributed by atoms with van der Waals surface area (Å²) in [6.07, 6.45) is 5.07. The first-order valence-corrected chi connectivity index (χ1v) is 10.7. The van der Waals surface area contributed by atoms with Crippen molar-refractivity contribution < 1.29 is 0 Å². The maximum atomic E-state index is 9.37. The number of aromatic nitrogens is 2. The summed E-state index contributed by atoms with van der Waals surface area (Å²) in [6.45, 7) is 2.71. The van der Waals surface area contributed by atoms with Gasteiger partial charge in [0.15, 0.2) is 5.82 Å². The third-order valence-electron chi connectivity index (χ3n) is 5.08. The van der Waals surface area contributed by atoms with Crippen molar-refractivity contribution in [1.82, 2.24) is 10.2 Å². The first-order chi connectivity index (χ1) is 14.3. The third-order valence-corrected chi connectivity index (χ3v) is 6.10. The van der Waals surface area contributed by atoms with Crippen molar-refractivity contribution in [3.8, 4) is 17.2 Å². The molecule has 5 nitrogen and oxygen atoms in total. The van der Waals surface area contributed by atoms with Crippen molar-refractivity contribution in [2.24, 2.45) is 5.73 Å². The van der Waals surface area contributed by atoms with E-state index in [0.717, 1.165) is 46.2 Å². The van der Waals surface area contributed by atoms with E-state index in [1.165, 1.54) is 18.4 Å².